The van der Waals surface area contributed by atoms with E-state index in [0.717, 1.165) is 0 Å². The van der Waals surface area contributed by atoms with E-state index < -0.39 is 69.2 Å². The van der Waals surface area contributed by atoms with Crippen molar-refractivity contribution in [3.8, 4) is 0 Å². The Hall–Kier alpha value is -3.52. The lowest BCUT2D eigenvalue weighted by atomic mass is 9.40. The van der Waals surface area contributed by atoms with Crippen LogP contribution >= 0.6 is 0 Å². The van der Waals surface area contributed by atoms with Crippen molar-refractivity contribution in [3.63, 3.8) is 0 Å². The van der Waals surface area contributed by atoms with Gasteiger partial charge in [0.15, 0.2) is 23.0 Å². The lowest BCUT2D eigenvalue weighted by Gasteiger charge is -2.60. The maximum absolute atomic E-state index is 13.8. The van der Waals surface area contributed by atoms with Crippen molar-refractivity contribution in [2.24, 2.45) is 23.2 Å². The van der Waals surface area contributed by atoms with E-state index >= 15 is 0 Å². The minimum atomic E-state index is -2.22. The molecule has 4 aliphatic rings. The lowest BCUT2D eigenvalue weighted by molar-refractivity contribution is -0.203. The molecule has 0 radical (unpaired) electrons. The molecule has 1 aliphatic heterocycles. The van der Waals surface area contributed by atoms with Crippen LogP contribution in [0, 0.1) is 23.2 Å². The molecule has 0 aromatic heterocycles. The minimum absolute atomic E-state index is 0.0835. The Balaban J connectivity index is 2.41. The number of carbonyl (C=O) groups excluding carboxylic acids is 4. The van der Waals surface area contributed by atoms with E-state index in [1.54, 1.807) is 38.2 Å². The molecular formula is C28H32O8. The largest absolute Gasteiger partial charge is 0.508 e. The van der Waals surface area contributed by atoms with Crippen molar-refractivity contribution in [3.05, 3.63) is 71.3 Å². The van der Waals surface area contributed by atoms with Crippen molar-refractivity contribution in [2.75, 3.05) is 0 Å². The Morgan fingerprint density at radius 1 is 0.972 bits per heavy atom. The third-order valence-electron chi connectivity index (χ3n) is 7.68. The molecule has 3 fully saturated rings. The molecule has 0 amide bonds. The second-order valence-electron chi connectivity index (χ2n) is 9.93. The third kappa shape index (κ3) is 3.63. The summed E-state index contributed by atoms with van der Waals surface area (Å²) < 4.78 is 5.59. The molecule has 3 N–H and O–H groups in total. The summed E-state index contributed by atoms with van der Waals surface area (Å²) >= 11 is 0. The highest BCUT2D eigenvalue weighted by Gasteiger charge is 2.77. The van der Waals surface area contributed by atoms with Crippen LogP contribution in [0.1, 0.15) is 41.5 Å². The fourth-order valence-corrected chi connectivity index (χ4v) is 5.93. The molecule has 0 spiro atoms. The van der Waals surface area contributed by atoms with Crippen LogP contribution in [0.15, 0.2) is 71.3 Å². The Labute approximate surface area is 210 Å². The predicted octanol–water partition coefficient (Wildman–Crippen LogP) is 3.55. The normalized spacial score (nSPS) is 38.4. The van der Waals surface area contributed by atoms with Crippen LogP contribution in [0.25, 0.3) is 0 Å². The standard InChI is InChI=1S/C28H32O8/c1-7-9-11-13-16(29)18-20-21(28(6)22(31)15(3)24(33)36-28)19(17(30)14-12-10-8-2)26(4,23(18)32)25(34)27(20,5)35/h7-14,19-21,29,31,35H,1-6H3/b9-7+,10-8+,13-11+,14-12+,18-16?/t19?,20?,21?,26-,27+,28+/m1/s1. The Morgan fingerprint density at radius 2 is 1.53 bits per heavy atom. The minimum Gasteiger partial charge on any atom is -0.508 e. The number of aliphatic hydroxyl groups is 3. The maximum atomic E-state index is 13.8. The Bertz CT molecular complexity index is 1210. The zero-order valence-electron chi connectivity index (χ0n) is 21.2. The molecule has 1 heterocycles. The van der Waals surface area contributed by atoms with Gasteiger partial charge in [0.2, 0.25) is 0 Å². The van der Waals surface area contributed by atoms with Crippen LogP contribution in [0.2, 0.25) is 0 Å². The molecule has 0 saturated heterocycles. The molecule has 36 heavy (non-hydrogen) atoms. The molecular weight excluding hydrogens is 464 g/mol. The lowest BCUT2D eigenvalue weighted by Crippen LogP contribution is -2.75. The molecule has 3 unspecified atom stereocenters. The van der Waals surface area contributed by atoms with Gasteiger partial charge in [0, 0.05) is 23.3 Å². The van der Waals surface area contributed by atoms with Crippen molar-refractivity contribution in [1.82, 2.24) is 0 Å². The molecule has 0 aromatic rings. The van der Waals surface area contributed by atoms with Gasteiger partial charge in [-0.05, 0) is 53.7 Å². The molecule has 8 nitrogen and oxygen atoms in total. The molecule has 192 valence electrons. The molecule has 4 rings (SSSR count). The molecule has 2 bridgehead atoms. The second-order valence-corrected chi connectivity index (χ2v) is 9.93. The van der Waals surface area contributed by atoms with Gasteiger partial charge in [-0.25, -0.2) is 4.79 Å². The molecule has 8 heteroatoms. The van der Waals surface area contributed by atoms with Gasteiger partial charge in [0.25, 0.3) is 0 Å². The summed E-state index contributed by atoms with van der Waals surface area (Å²) in [6, 6.07) is 0. The first-order chi connectivity index (χ1) is 16.7. The predicted molar refractivity (Wildman–Crippen MR) is 132 cm³/mol. The van der Waals surface area contributed by atoms with Gasteiger partial charge in [-0.15, -0.1) is 0 Å². The fourth-order valence-electron chi connectivity index (χ4n) is 5.93. The molecule has 3 aliphatic carbocycles. The van der Waals surface area contributed by atoms with Gasteiger partial charge >= 0.3 is 5.97 Å². The van der Waals surface area contributed by atoms with E-state index in [0.29, 0.717) is 0 Å². The number of rotatable bonds is 6. The number of cyclic esters (lactones) is 1. The Morgan fingerprint density at radius 3 is 2.03 bits per heavy atom. The van der Waals surface area contributed by atoms with Gasteiger partial charge in [0.05, 0.1) is 5.57 Å². The van der Waals surface area contributed by atoms with Gasteiger partial charge in [0.1, 0.15) is 22.5 Å². The monoisotopic (exact) mass is 496 g/mol. The summed E-state index contributed by atoms with van der Waals surface area (Å²) in [5.41, 5.74) is -6.53. The smallest absolute Gasteiger partial charge is 0.338 e. The third-order valence-corrected chi connectivity index (χ3v) is 7.68. The van der Waals surface area contributed by atoms with Crippen LogP contribution < -0.4 is 0 Å². The number of hydrogen-bond acceptors (Lipinski definition) is 8. The van der Waals surface area contributed by atoms with Crippen molar-refractivity contribution in [1.29, 1.82) is 0 Å². The number of ketones is 3. The second kappa shape index (κ2) is 9.17. The van der Waals surface area contributed by atoms with E-state index in [1.807, 2.05) is 0 Å². The number of esters is 1. The van der Waals surface area contributed by atoms with Crippen LogP contribution in [0.5, 0.6) is 0 Å². The zero-order valence-corrected chi connectivity index (χ0v) is 21.2. The van der Waals surface area contributed by atoms with Crippen LogP contribution in [0.3, 0.4) is 0 Å². The topological polar surface area (TPSA) is 138 Å². The van der Waals surface area contributed by atoms with E-state index in [4.69, 9.17) is 4.74 Å². The summed E-state index contributed by atoms with van der Waals surface area (Å²) in [5, 5.41) is 33.5. The van der Waals surface area contributed by atoms with Crippen molar-refractivity contribution in [2.45, 2.75) is 52.7 Å². The number of allylic oxidation sites excluding steroid dienone is 8. The summed E-state index contributed by atoms with van der Waals surface area (Å²) in [6.07, 6.45) is 12.0. The van der Waals surface area contributed by atoms with Crippen molar-refractivity contribution < 1.29 is 39.2 Å². The first kappa shape index (κ1) is 27.1. The first-order valence-electron chi connectivity index (χ1n) is 11.7. The maximum Gasteiger partial charge on any atom is 0.338 e. The highest BCUT2D eigenvalue weighted by Crippen LogP contribution is 2.64. The first-order valence-corrected chi connectivity index (χ1v) is 11.7. The number of carbonyl (C=O) groups is 4. The average Bonchev–Trinajstić information content (AvgIpc) is 3.01. The average molecular weight is 497 g/mol. The van der Waals surface area contributed by atoms with Crippen LogP contribution in [-0.4, -0.2) is 49.8 Å². The fraction of sp³-hybridized carbons (Fsp3) is 0.429. The highest BCUT2D eigenvalue weighted by atomic mass is 16.6. The quantitative estimate of drug-likeness (QED) is 0.167. The van der Waals surface area contributed by atoms with Crippen molar-refractivity contribution >= 4 is 23.3 Å². The molecule has 6 atom stereocenters. The highest BCUT2D eigenvalue weighted by molar-refractivity contribution is 6.24. The van der Waals surface area contributed by atoms with E-state index in [2.05, 4.69) is 0 Å². The van der Waals surface area contributed by atoms with E-state index in [-0.39, 0.29) is 11.1 Å². The summed E-state index contributed by atoms with van der Waals surface area (Å²) in [5.74, 6) is -8.17. The number of fused-ring (bicyclic) bond motifs is 3. The van der Waals surface area contributed by atoms with Gasteiger partial charge in [-0.1, -0.05) is 36.5 Å². The summed E-state index contributed by atoms with van der Waals surface area (Å²) in [6.45, 7) is 8.72. The molecule has 0 aromatic carbocycles. The van der Waals surface area contributed by atoms with E-state index in [1.165, 1.54) is 52.0 Å². The number of hydrogen-bond donors (Lipinski definition) is 3. The van der Waals surface area contributed by atoms with Crippen LogP contribution in [0.4, 0.5) is 0 Å². The SMILES string of the molecule is C/C=C/C=C/C(=O)C1C([C@]2(C)OC(=O)C(C)=C2O)C2C(=C(O)/C=C/C=C/C)C(=O)[C@]1(C)C(=O)[C@@]2(C)O. The van der Waals surface area contributed by atoms with Gasteiger partial charge in [-0.3, -0.25) is 14.4 Å². The van der Waals surface area contributed by atoms with E-state index in [9.17, 15) is 34.5 Å². The molecule has 3 saturated carbocycles. The number of Topliss-reactive ketones (excluding diaryl/α,β-unsaturated/α-hetero) is 2. The summed E-state index contributed by atoms with van der Waals surface area (Å²) in [4.78, 5) is 53.5. The van der Waals surface area contributed by atoms with Gasteiger partial charge < -0.3 is 20.1 Å². The van der Waals surface area contributed by atoms with Crippen LogP contribution in [-0.2, 0) is 23.9 Å². The number of aliphatic hydroxyl groups excluding tert-OH is 2. The van der Waals surface area contributed by atoms with Gasteiger partial charge in [-0.2, -0.15) is 0 Å². The Kier molecular flexibility index (Phi) is 6.89. The summed E-state index contributed by atoms with van der Waals surface area (Å²) in [7, 11) is 0. The number of ether oxygens (including phenoxy) is 1. The zero-order chi connectivity index (χ0) is 27.2.